The third-order valence-corrected chi connectivity index (χ3v) is 6.20. The molecule has 3 aliphatic rings. The second-order valence-corrected chi connectivity index (χ2v) is 8.37. The first-order valence-corrected chi connectivity index (χ1v) is 11.1. The first-order valence-electron chi connectivity index (χ1n) is 11.1. The molecule has 2 saturated heterocycles. The molecule has 0 saturated carbocycles. The van der Waals surface area contributed by atoms with Crippen LogP contribution < -0.4 is 20.1 Å². The van der Waals surface area contributed by atoms with Gasteiger partial charge in [0.05, 0.1) is 31.0 Å². The number of hydrogen-bond acceptors (Lipinski definition) is 7. The van der Waals surface area contributed by atoms with Gasteiger partial charge in [-0.2, -0.15) is 0 Å². The van der Waals surface area contributed by atoms with Crippen molar-refractivity contribution in [1.29, 1.82) is 0 Å². The van der Waals surface area contributed by atoms with Crippen molar-refractivity contribution in [3.05, 3.63) is 17.7 Å². The lowest BCUT2D eigenvalue weighted by Gasteiger charge is -2.37. The molecule has 8 heteroatoms. The standard InChI is InChI=1S/C22H33N3O5/c1-23-16-10-18(21-20(11-16)29-8-3-9-30-21)22(27)24-12-15-5-6-25(14-19(15)26)13-17-4-2-7-28-17/h10-11,15,17,19,23,26H,2-9,12-14H2,1H3,(H,24,27)/t15-,17?,19?/m0/s1. The predicted octanol–water partition coefficient (Wildman–Crippen LogP) is 1.48. The number of aliphatic hydroxyl groups is 1. The van der Waals surface area contributed by atoms with Crippen LogP contribution in [0.5, 0.6) is 11.5 Å². The molecular formula is C22H33N3O5. The Balaban J connectivity index is 1.34. The highest BCUT2D eigenvalue weighted by molar-refractivity contribution is 5.99. The Labute approximate surface area is 177 Å². The lowest BCUT2D eigenvalue weighted by Crippen LogP contribution is -2.49. The second-order valence-electron chi connectivity index (χ2n) is 8.37. The maximum Gasteiger partial charge on any atom is 0.255 e. The summed E-state index contributed by atoms with van der Waals surface area (Å²) in [5.74, 6) is 0.920. The molecule has 8 nitrogen and oxygen atoms in total. The molecule has 2 unspecified atom stereocenters. The molecule has 3 atom stereocenters. The van der Waals surface area contributed by atoms with E-state index in [9.17, 15) is 9.90 Å². The number of β-amino-alcohol motifs (C(OH)–C–C–N with tert-alkyl or cyclic N) is 1. The molecular weight excluding hydrogens is 386 g/mol. The van der Waals surface area contributed by atoms with Crippen molar-refractivity contribution in [3.8, 4) is 11.5 Å². The van der Waals surface area contributed by atoms with Gasteiger partial charge in [-0.15, -0.1) is 0 Å². The van der Waals surface area contributed by atoms with E-state index in [1.54, 1.807) is 6.07 Å². The monoisotopic (exact) mass is 419 g/mol. The maximum absolute atomic E-state index is 13.0. The fourth-order valence-corrected chi connectivity index (χ4v) is 4.43. The van der Waals surface area contributed by atoms with Gasteiger partial charge >= 0.3 is 0 Å². The van der Waals surface area contributed by atoms with Gasteiger partial charge in [-0.05, 0) is 31.9 Å². The molecule has 3 heterocycles. The van der Waals surface area contributed by atoms with Crippen molar-refractivity contribution in [2.75, 3.05) is 58.4 Å². The van der Waals surface area contributed by atoms with E-state index in [1.807, 2.05) is 13.1 Å². The summed E-state index contributed by atoms with van der Waals surface area (Å²) >= 11 is 0. The summed E-state index contributed by atoms with van der Waals surface area (Å²) in [6.45, 7) is 4.81. The van der Waals surface area contributed by atoms with Crippen LogP contribution in [0, 0.1) is 5.92 Å². The zero-order valence-corrected chi connectivity index (χ0v) is 17.7. The Kier molecular flexibility index (Phi) is 6.97. The Bertz CT molecular complexity index is 738. The number of nitrogens with zero attached hydrogens (tertiary/aromatic N) is 1. The topological polar surface area (TPSA) is 92.3 Å². The summed E-state index contributed by atoms with van der Waals surface area (Å²) < 4.78 is 17.3. The van der Waals surface area contributed by atoms with Crippen LogP contribution in [0.1, 0.15) is 36.0 Å². The zero-order valence-electron chi connectivity index (χ0n) is 17.7. The van der Waals surface area contributed by atoms with Crippen LogP contribution >= 0.6 is 0 Å². The highest BCUT2D eigenvalue weighted by Gasteiger charge is 2.30. The lowest BCUT2D eigenvalue weighted by atomic mass is 9.93. The fraction of sp³-hybridized carbons (Fsp3) is 0.682. The number of anilines is 1. The van der Waals surface area contributed by atoms with Gasteiger partial charge in [-0.25, -0.2) is 0 Å². The van der Waals surface area contributed by atoms with E-state index in [0.717, 1.165) is 51.1 Å². The van der Waals surface area contributed by atoms with E-state index >= 15 is 0 Å². The molecule has 1 aromatic carbocycles. The number of rotatable bonds is 6. The van der Waals surface area contributed by atoms with E-state index in [0.29, 0.717) is 49.5 Å². The summed E-state index contributed by atoms with van der Waals surface area (Å²) in [6.07, 6.45) is 3.70. The first-order chi connectivity index (χ1) is 14.6. The summed E-state index contributed by atoms with van der Waals surface area (Å²) in [5.41, 5.74) is 1.26. The van der Waals surface area contributed by atoms with E-state index in [2.05, 4.69) is 15.5 Å². The minimum Gasteiger partial charge on any atom is -0.489 e. The van der Waals surface area contributed by atoms with Crippen LogP contribution in [-0.2, 0) is 4.74 Å². The minimum atomic E-state index is -0.458. The van der Waals surface area contributed by atoms with Crippen LogP contribution in [-0.4, -0.2) is 81.2 Å². The highest BCUT2D eigenvalue weighted by Crippen LogP contribution is 2.36. The molecule has 0 aliphatic carbocycles. The number of benzene rings is 1. The molecule has 1 aromatic rings. The Hall–Kier alpha value is -2.03. The van der Waals surface area contributed by atoms with Gasteiger partial charge < -0.3 is 30.0 Å². The van der Waals surface area contributed by atoms with Crippen molar-refractivity contribution >= 4 is 11.6 Å². The van der Waals surface area contributed by atoms with Gasteiger partial charge in [0.25, 0.3) is 5.91 Å². The smallest absolute Gasteiger partial charge is 0.255 e. The van der Waals surface area contributed by atoms with Crippen molar-refractivity contribution in [3.63, 3.8) is 0 Å². The number of ether oxygens (including phenoxy) is 3. The van der Waals surface area contributed by atoms with Gasteiger partial charge in [0.1, 0.15) is 0 Å². The number of carbonyl (C=O) groups excluding carboxylic acids is 1. The normalized spacial score (nSPS) is 26.8. The third-order valence-electron chi connectivity index (χ3n) is 6.20. The Morgan fingerprint density at radius 1 is 1.20 bits per heavy atom. The molecule has 0 aromatic heterocycles. The van der Waals surface area contributed by atoms with Gasteiger partial charge in [0, 0.05) is 57.4 Å². The number of carbonyl (C=O) groups is 1. The van der Waals surface area contributed by atoms with Gasteiger partial charge in [-0.1, -0.05) is 0 Å². The van der Waals surface area contributed by atoms with Crippen LogP contribution in [0.15, 0.2) is 12.1 Å². The number of amides is 1. The average molecular weight is 420 g/mol. The molecule has 1 amide bonds. The number of nitrogens with one attached hydrogen (secondary N) is 2. The maximum atomic E-state index is 13.0. The van der Waals surface area contributed by atoms with E-state index in [4.69, 9.17) is 14.2 Å². The van der Waals surface area contributed by atoms with Crippen LogP contribution in [0.4, 0.5) is 5.69 Å². The van der Waals surface area contributed by atoms with Crippen molar-refractivity contribution in [2.24, 2.45) is 5.92 Å². The number of fused-ring (bicyclic) bond motifs is 1. The number of aliphatic hydroxyl groups excluding tert-OH is 1. The number of likely N-dealkylation sites (tertiary alicyclic amines) is 1. The number of piperidine rings is 1. The molecule has 30 heavy (non-hydrogen) atoms. The predicted molar refractivity (Wildman–Crippen MR) is 113 cm³/mol. The molecule has 0 radical (unpaired) electrons. The van der Waals surface area contributed by atoms with E-state index in [-0.39, 0.29) is 11.8 Å². The Morgan fingerprint density at radius 3 is 2.83 bits per heavy atom. The van der Waals surface area contributed by atoms with Crippen molar-refractivity contribution in [2.45, 2.75) is 37.9 Å². The largest absolute Gasteiger partial charge is 0.489 e. The molecule has 3 aliphatic heterocycles. The SMILES string of the molecule is CNc1cc2c(c(C(=O)NC[C@@H]3CCN(CC4CCCO4)CC3O)c1)OCCCO2. The summed E-state index contributed by atoms with van der Waals surface area (Å²) in [4.78, 5) is 15.2. The van der Waals surface area contributed by atoms with Gasteiger partial charge in [0.2, 0.25) is 0 Å². The Morgan fingerprint density at radius 2 is 2.07 bits per heavy atom. The quantitative estimate of drug-likeness (QED) is 0.643. The number of hydrogen-bond donors (Lipinski definition) is 3. The second kappa shape index (κ2) is 9.85. The summed E-state index contributed by atoms with van der Waals surface area (Å²) in [6, 6.07) is 3.63. The van der Waals surface area contributed by atoms with E-state index in [1.165, 1.54) is 0 Å². The van der Waals surface area contributed by atoms with Crippen LogP contribution in [0.3, 0.4) is 0 Å². The van der Waals surface area contributed by atoms with E-state index < -0.39 is 6.10 Å². The molecule has 2 fully saturated rings. The molecule has 4 rings (SSSR count). The third kappa shape index (κ3) is 4.99. The van der Waals surface area contributed by atoms with Crippen LogP contribution in [0.2, 0.25) is 0 Å². The summed E-state index contributed by atoms with van der Waals surface area (Å²) in [5, 5.41) is 16.7. The molecule has 166 valence electrons. The lowest BCUT2D eigenvalue weighted by molar-refractivity contribution is -0.00191. The van der Waals surface area contributed by atoms with Crippen LogP contribution in [0.25, 0.3) is 0 Å². The molecule has 3 N–H and O–H groups in total. The fourth-order valence-electron chi connectivity index (χ4n) is 4.43. The average Bonchev–Trinajstić information content (AvgIpc) is 3.14. The molecule has 0 spiro atoms. The molecule has 0 bridgehead atoms. The summed E-state index contributed by atoms with van der Waals surface area (Å²) in [7, 11) is 1.81. The highest BCUT2D eigenvalue weighted by atomic mass is 16.5. The minimum absolute atomic E-state index is 0.0398. The van der Waals surface area contributed by atoms with Gasteiger partial charge in [-0.3, -0.25) is 9.69 Å². The first kappa shape index (κ1) is 21.2. The van der Waals surface area contributed by atoms with Gasteiger partial charge in [0.15, 0.2) is 11.5 Å². The van der Waals surface area contributed by atoms with Crippen molar-refractivity contribution < 1.29 is 24.1 Å². The van der Waals surface area contributed by atoms with Crippen molar-refractivity contribution in [1.82, 2.24) is 10.2 Å². The zero-order chi connectivity index (χ0) is 20.9.